The highest BCUT2D eigenvalue weighted by Gasteiger charge is 2.03. The van der Waals surface area contributed by atoms with Gasteiger partial charge in [0.25, 0.3) is 0 Å². The summed E-state index contributed by atoms with van der Waals surface area (Å²) < 4.78 is 5.47. The zero-order valence-electron chi connectivity index (χ0n) is 32.0. The molecule has 0 atom stereocenters. The fourth-order valence-electron chi connectivity index (χ4n) is 6.66. The molecule has 0 heterocycles. The van der Waals surface area contributed by atoms with Crippen LogP contribution in [0.4, 0.5) is 0 Å². The number of hydrogen-bond donors (Lipinski definition) is 0. The van der Waals surface area contributed by atoms with Crippen LogP contribution in [-0.2, 0) is 9.53 Å². The van der Waals surface area contributed by atoms with Crippen LogP contribution in [0.25, 0.3) is 0 Å². The number of carbonyl (C=O) groups excluding carboxylic acids is 1. The molecule has 0 spiro atoms. The minimum Gasteiger partial charge on any atom is -0.466 e. The molecule has 0 N–H and O–H groups in total. The Labute approximate surface area is 291 Å². The molecule has 2 heteroatoms. The fraction of sp³-hybridized carbons (Fsp3) is 0.932. The lowest BCUT2D eigenvalue weighted by molar-refractivity contribution is -0.143. The Hall–Kier alpha value is -0.790. The van der Waals surface area contributed by atoms with Crippen molar-refractivity contribution in [1.82, 2.24) is 0 Å². The van der Waals surface area contributed by atoms with E-state index in [1.807, 2.05) is 0 Å². The fourth-order valence-corrected chi connectivity index (χ4v) is 6.66. The molecule has 0 rings (SSSR count). The van der Waals surface area contributed by atoms with Crippen LogP contribution in [-0.4, -0.2) is 12.6 Å². The molecule has 0 amide bonds. The Morgan fingerprint density at radius 3 is 0.935 bits per heavy atom. The van der Waals surface area contributed by atoms with Gasteiger partial charge in [-0.2, -0.15) is 0 Å². The van der Waals surface area contributed by atoms with Gasteiger partial charge in [0.1, 0.15) is 0 Å². The van der Waals surface area contributed by atoms with E-state index in [1.54, 1.807) is 0 Å². The van der Waals surface area contributed by atoms with Gasteiger partial charge in [-0.15, -0.1) is 0 Å². The maximum Gasteiger partial charge on any atom is 0.305 e. The molecule has 0 aromatic heterocycles. The van der Waals surface area contributed by atoms with Gasteiger partial charge in [-0.05, 0) is 38.5 Å². The Morgan fingerprint density at radius 2 is 0.609 bits per heavy atom. The Morgan fingerprint density at radius 1 is 0.348 bits per heavy atom. The summed E-state index contributed by atoms with van der Waals surface area (Å²) in [5.41, 5.74) is 0. The molecule has 0 aromatic rings. The number of hydrogen-bond acceptors (Lipinski definition) is 2. The first kappa shape index (κ1) is 45.2. The van der Waals surface area contributed by atoms with Gasteiger partial charge in [-0.3, -0.25) is 4.79 Å². The third-order valence-electron chi connectivity index (χ3n) is 9.90. The van der Waals surface area contributed by atoms with Gasteiger partial charge in [-0.1, -0.05) is 225 Å². The smallest absolute Gasteiger partial charge is 0.305 e. The summed E-state index contributed by atoms with van der Waals surface area (Å²) >= 11 is 0. The lowest BCUT2D eigenvalue weighted by atomic mass is 10.0. The zero-order valence-corrected chi connectivity index (χ0v) is 32.0. The second kappa shape index (κ2) is 42.2. The molecule has 46 heavy (non-hydrogen) atoms. The molecule has 0 aliphatic carbocycles. The van der Waals surface area contributed by atoms with E-state index in [0.29, 0.717) is 13.0 Å². The van der Waals surface area contributed by atoms with Crippen LogP contribution >= 0.6 is 0 Å². The monoisotopic (exact) mass is 647 g/mol. The molecule has 2 nitrogen and oxygen atoms in total. The predicted molar refractivity (Wildman–Crippen MR) is 207 cm³/mol. The average Bonchev–Trinajstić information content (AvgIpc) is 3.06. The lowest BCUT2D eigenvalue weighted by Crippen LogP contribution is -2.05. The Bertz CT molecular complexity index is 582. The summed E-state index contributed by atoms with van der Waals surface area (Å²) in [5, 5.41) is 0. The molecule has 0 fully saturated rings. The normalized spacial score (nSPS) is 11.6. The first-order valence-electron chi connectivity index (χ1n) is 21.6. The van der Waals surface area contributed by atoms with Crippen molar-refractivity contribution in [2.24, 2.45) is 0 Å². The van der Waals surface area contributed by atoms with Crippen molar-refractivity contribution >= 4 is 5.97 Å². The van der Waals surface area contributed by atoms with Crippen LogP contribution in [0.5, 0.6) is 0 Å². The van der Waals surface area contributed by atoms with Crippen LogP contribution in [0.1, 0.15) is 258 Å². The Kier molecular flexibility index (Phi) is 41.5. The molecule has 0 radical (unpaired) electrons. The van der Waals surface area contributed by atoms with Gasteiger partial charge in [0.15, 0.2) is 0 Å². The SMILES string of the molecule is CCCCCCCC/C=C\CCCCCCCCCCCCCCOC(=O)CCCCCCCCCCCCCCCCCCC. The summed E-state index contributed by atoms with van der Waals surface area (Å²) in [5.74, 6) is 0.0286. The van der Waals surface area contributed by atoms with Crippen molar-refractivity contribution < 1.29 is 9.53 Å². The number of rotatable bonds is 40. The first-order chi connectivity index (χ1) is 22.8. The van der Waals surface area contributed by atoms with Crippen molar-refractivity contribution in [3.63, 3.8) is 0 Å². The van der Waals surface area contributed by atoms with Crippen LogP contribution in [0.15, 0.2) is 12.2 Å². The van der Waals surface area contributed by atoms with Crippen molar-refractivity contribution in [3.05, 3.63) is 12.2 Å². The maximum atomic E-state index is 12.0. The summed E-state index contributed by atoms with van der Waals surface area (Å²) in [4.78, 5) is 12.0. The highest BCUT2D eigenvalue weighted by Crippen LogP contribution is 2.16. The van der Waals surface area contributed by atoms with Crippen molar-refractivity contribution in [2.45, 2.75) is 258 Å². The van der Waals surface area contributed by atoms with Crippen LogP contribution in [0.2, 0.25) is 0 Å². The van der Waals surface area contributed by atoms with E-state index in [0.717, 1.165) is 12.8 Å². The van der Waals surface area contributed by atoms with Crippen LogP contribution in [0.3, 0.4) is 0 Å². The maximum absolute atomic E-state index is 12.0. The number of esters is 1. The van der Waals surface area contributed by atoms with Gasteiger partial charge in [0, 0.05) is 6.42 Å². The zero-order chi connectivity index (χ0) is 33.3. The highest BCUT2D eigenvalue weighted by atomic mass is 16.5. The van der Waals surface area contributed by atoms with E-state index in [-0.39, 0.29) is 5.97 Å². The second-order valence-corrected chi connectivity index (χ2v) is 14.7. The van der Waals surface area contributed by atoms with Crippen molar-refractivity contribution in [2.75, 3.05) is 6.61 Å². The molecule has 0 saturated carbocycles. The topological polar surface area (TPSA) is 26.3 Å². The molecule has 0 aliphatic heterocycles. The van der Waals surface area contributed by atoms with Crippen molar-refractivity contribution in [1.29, 1.82) is 0 Å². The van der Waals surface area contributed by atoms with E-state index in [1.165, 1.54) is 225 Å². The number of carbonyl (C=O) groups is 1. The Balaban J connectivity index is 3.17. The molecule has 0 aromatic carbocycles. The molecule has 0 bridgehead atoms. The number of allylic oxidation sites excluding steroid dienone is 2. The van der Waals surface area contributed by atoms with Crippen molar-refractivity contribution in [3.8, 4) is 0 Å². The first-order valence-corrected chi connectivity index (χ1v) is 21.6. The van der Waals surface area contributed by atoms with Gasteiger partial charge >= 0.3 is 5.97 Å². The third-order valence-corrected chi connectivity index (χ3v) is 9.90. The molecular formula is C44H86O2. The van der Waals surface area contributed by atoms with Gasteiger partial charge in [0.2, 0.25) is 0 Å². The number of unbranched alkanes of at least 4 members (excludes halogenated alkanes) is 34. The minimum absolute atomic E-state index is 0.0286. The van der Waals surface area contributed by atoms with E-state index in [4.69, 9.17) is 4.74 Å². The molecule has 274 valence electrons. The summed E-state index contributed by atoms with van der Waals surface area (Å²) in [6.45, 7) is 5.22. The summed E-state index contributed by atoms with van der Waals surface area (Å²) in [6, 6.07) is 0. The van der Waals surface area contributed by atoms with E-state index in [2.05, 4.69) is 26.0 Å². The standard InChI is InChI=1S/C44H86O2/c1-3-5-7-9-11-13-15-17-19-21-22-23-24-25-27-29-31-33-35-37-39-41-43-46-44(45)42-40-38-36-34-32-30-28-26-20-18-16-14-12-10-8-6-4-2/h17,19H,3-16,18,20-43H2,1-2H3/b19-17-. The van der Waals surface area contributed by atoms with Gasteiger partial charge in [-0.25, -0.2) is 0 Å². The van der Waals surface area contributed by atoms with Gasteiger partial charge < -0.3 is 4.74 Å². The predicted octanol–water partition coefficient (Wildman–Crippen LogP) is 15.9. The van der Waals surface area contributed by atoms with Crippen LogP contribution < -0.4 is 0 Å². The van der Waals surface area contributed by atoms with E-state index in [9.17, 15) is 4.79 Å². The quantitative estimate of drug-likeness (QED) is 0.0376. The van der Waals surface area contributed by atoms with Gasteiger partial charge in [0.05, 0.1) is 6.61 Å². The highest BCUT2D eigenvalue weighted by molar-refractivity contribution is 5.69. The largest absolute Gasteiger partial charge is 0.466 e. The van der Waals surface area contributed by atoms with E-state index >= 15 is 0 Å². The van der Waals surface area contributed by atoms with E-state index < -0.39 is 0 Å². The van der Waals surface area contributed by atoms with Crippen LogP contribution in [0, 0.1) is 0 Å². The third kappa shape index (κ3) is 41.2. The molecular weight excluding hydrogens is 560 g/mol. The lowest BCUT2D eigenvalue weighted by Gasteiger charge is -2.06. The minimum atomic E-state index is 0.0286. The molecule has 0 unspecified atom stereocenters. The molecule has 0 aliphatic rings. The number of ether oxygens (including phenoxy) is 1. The molecule has 0 saturated heterocycles. The average molecular weight is 647 g/mol. The summed E-state index contributed by atoms with van der Waals surface area (Å²) in [6.07, 6.45) is 56.0. The summed E-state index contributed by atoms with van der Waals surface area (Å²) in [7, 11) is 0. The second-order valence-electron chi connectivity index (χ2n) is 14.7.